The molecule has 1 saturated carbocycles. The first kappa shape index (κ1) is 22.3. The van der Waals surface area contributed by atoms with Crippen LogP contribution in [0.2, 0.25) is 0 Å². The summed E-state index contributed by atoms with van der Waals surface area (Å²) >= 11 is 0. The molecule has 2 aromatic rings. The quantitative estimate of drug-likeness (QED) is 0.531. The minimum absolute atomic E-state index is 0.0217. The number of aromatic nitrogens is 1. The number of pyridine rings is 1. The number of carbonyl (C=O) groups is 1. The van der Waals surface area contributed by atoms with E-state index >= 15 is 0 Å². The highest BCUT2D eigenvalue weighted by molar-refractivity contribution is 5.70. The van der Waals surface area contributed by atoms with E-state index in [4.69, 9.17) is 14.2 Å². The number of methoxy groups -OCH3 is 1. The first-order valence-corrected chi connectivity index (χ1v) is 10.9. The smallest absolute Gasteiger partial charge is 0.306 e. The molecule has 2 aliphatic rings. The maximum Gasteiger partial charge on any atom is 0.306 e. The van der Waals surface area contributed by atoms with E-state index in [1.165, 1.54) is 7.11 Å². The van der Waals surface area contributed by atoms with Crippen molar-refractivity contribution in [2.24, 2.45) is 5.92 Å². The van der Waals surface area contributed by atoms with Crippen LogP contribution in [0.5, 0.6) is 11.5 Å². The SMILES string of the molecule is COC(=O)C[C@@H](C)c1ccc(OC2CCN(c3ccc(OC[C@H]4CC4(F)F)cn3)C2)cc1. The third kappa shape index (κ3) is 5.47. The van der Waals surface area contributed by atoms with Crippen LogP contribution in [-0.4, -0.2) is 49.8 Å². The van der Waals surface area contributed by atoms with Gasteiger partial charge in [0.25, 0.3) is 5.92 Å². The average Bonchev–Trinajstić information content (AvgIpc) is 3.16. The Morgan fingerprint density at radius 3 is 2.56 bits per heavy atom. The number of nitrogens with zero attached hydrogens (tertiary/aromatic N) is 2. The summed E-state index contributed by atoms with van der Waals surface area (Å²) in [6.45, 7) is 3.54. The van der Waals surface area contributed by atoms with E-state index in [2.05, 4.69) is 9.88 Å². The van der Waals surface area contributed by atoms with E-state index in [0.717, 1.165) is 30.1 Å². The molecule has 2 fully saturated rings. The van der Waals surface area contributed by atoms with E-state index in [0.29, 0.717) is 18.7 Å². The number of halogens is 2. The Balaban J connectivity index is 1.25. The number of hydrogen-bond donors (Lipinski definition) is 0. The number of carbonyl (C=O) groups excluding carboxylic acids is 1. The minimum Gasteiger partial charge on any atom is -0.491 e. The summed E-state index contributed by atoms with van der Waals surface area (Å²) in [5.41, 5.74) is 1.06. The Hall–Kier alpha value is -2.90. The monoisotopic (exact) mass is 446 g/mol. The number of alkyl halides is 2. The summed E-state index contributed by atoms with van der Waals surface area (Å²) in [6, 6.07) is 11.4. The minimum atomic E-state index is -2.57. The van der Waals surface area contributed by atoms with Crippen LogP contribution in [0.1, 0.15) is 37.7 Å². The maximum atomic E-state index is 12.9. The van der Waals surface area contributed by atoms with E-state index < -0.39 is 11.8 Å². The van der Waals surface area contributed by atoms with Gasteiger partial charge in [0.1, 0.15) is 23.4 Å². The fourth-order valence-corrected chi connectivity index (χ4v) is 3.84. The van der Waals surface area contributed by atoms with Gasteiger partial charge in [-0.15, -0.1) is 0 Å². The molecule has 1 aromatic carbocycles. The first-order chi connectivity index (χ1) is 15.3. The lowest BCUT2D eigenvalue weighted by molar-refractivity contribution is -0.140. The zero-order valence-electron chi connectivity index (χ0n) is 18.3. The van der Waals surface area contributed by atoms with Gasteiger partial charge in [-0.3, -0.25) is 4.79 Å². The van der Waals surface area contributed by atoms with Crippen molar-refractivity contribution >= 4 is 11.8 Å². The number of ether oxygens (including phenoxy) is 3. The molecular formula is C24H28F2N2O4. The number of anilines is 1. The van der Waals surface area contributed by atoms with Crippen LogP contribution < -0.4 is 14.4 Å². The van der Waals surface area contributed by atoms with Crippen molar-refractivity contribution in [3.8, 4) is 11.5 Å². The molecule has 0 spiro atoms. The molecule has 2 heterocycles. The maximum absolute atomic E-state index is 12.9. The van der Waals surface area contributed by atoms with E-state index in [1.54, 1.807) is 12.3 Å². The average molecular weight is 446 g/mol. The van der Waals surface area contributed by atoms with Crippen LogP contribution >= 0.6 is 0 Å². The van der Waals surface area contributed by atoms with Gasteiger partial charge in [0.15, 0.2) is 0 Å². The highest BCUT2D eigenvalue weighted by atomic mass is 19.3. The Kier molecular flexibility index (Phi) is 6.48. The van der Waals surface area contributed by atoms with Gasteiger partial charge in [-0.2, -0.15) is 0 Å². The van der Waals surface area contributed by atoms with Crippen LogP contribution in [0.4, 0.5) is 14.6 Å². The second kappa shape index (κ2) is 9.30. The van der Waals surface area contributed by atoms with Crippen molar-refractivity contribution in [1.82, 2.24) is 4.98 Å². The van der Waals surface area contributed by atoms with Gasteiger partial charge in [-0.1, -0.05) is 19.1 Å². The van der Waals surface area contributed by atoms with Gasteiger partial charge in [-0.05, 0) is 35.7 Å². The lowest BCUT2D eigenvalue weighted by atomic mass is 9.98. The van der Waals surface area contributed by atoms with Gasteiger partial charge in [0.05, 0.1) is 38.8 Å². The molecule has 4 rings (SSSR count). The van der Waals surface area contributed by atoms with Gasteiger partial charge in [0, 0.05) is 19.4 Å². The molecular weight excluding hydrogens is 418 g/mol. The molecule has 172 valence electrons. The topological polar surface area (TPSA) is 60.9 Å². The summed E-state index contributed by atoms with van der Waals surface area (Å²) in [7, 11) is 1.40. The highest BCUT2D eigenvalue weighted by Gasteiger charge is 2.57. The standard InChI is InChI=1S/C24H28F2N2O4/c1-16(11-23(29)30-2)17-3-5-19(6-4-17)32-21-9-10-28(14-21)22-8-7-20(13-27-22)31-15-18-12-24(18,25)26/h3-8,13,16,18,21H,9-12,14-15H2,1-2H3/t16-,18-,21?/m1/s1. The predicted octanol–water partition coefficient (Wildman–Crippen LogP) is 4.44. The molecule has 3 atom stereocenters. The first-order valence-electron chi connectivity index (χ1n) is 10.9. The third-order valence-corrected chi connectivity index (χ3v) is 6.05. The number of benzene rings is 1. The van der Waals surface area contributed by atoms with Crippen LogP contribution in [0.3, 0.4) is 0 Å². The molecule has 6 nitrogen and oxygen atoms in total. The van der Waals surface area contributed by atoms with Crippen LogP contribution in [0.15, 0.2) is 42.6 Å². The van der Waals surface area contributed by atoms with Crippen LogP contribution in [0, 0.1) is 5.92 Å². The largest absolute Gasteiger partial charge is 0.491 e. The molecule has 1 aromatic heterocycles. The van der Waals surface area contributed by atoms with Crippen molar-refractivity contribution in [3.05, 3.63) is 48.2 Å². The zero-order valence-corrected chi connectivity index (χ0v) is 18.3. The molecule has 32 heavy (non-hydrogen) atoms. The second-order valence-corrected chi connectivity index (χ2v) is 8.55. The van der Waals surface area contributed by atoms with E-state index in [9.17, 15) is 13.6 Å². The van der Waals surface area contributed by atoms with Crippen LogP contribution in [-0.2, 0) is 9.53 Å². The van der Waals surface area contributed by atoms with Crippen molar-refractivity contribution < 1.29 is 27.8 Å². The second-order valence-electron chi connectivity index (χ2n) is 8.55. The summed E-state index contributed by atoms with van der Waals surface area (Å²) in [5, 5.41) is 0. The molecule has 1 unspecified atom stereocenters. The lowest BCUT2D eigenvalue weighted by Gasteiger charge is -2.19. The fourth-order valence-electron chi connectivity index (χ4n) is 3.84. The van der Waals surface area contributed by atoms with Gasteiger partial charge in [-0.25, -0.2) is 13.8 Å². The predicted molar refractivity (Wildman–Crippen MR) is 116 cm³/mol. The summed E-state index contributed by atoms with van der Waals surface area (Å²) in [5.74, 6) is -1.28. The zero-order chi connectivity index (χ0) is 22.7. The molecule has 8 heteroatoms. The molecule has 0 N–H and O–H groups in total. The number of hydrogen-bond acceptors (Lipinski definition) is 6. The molecule has 0 amide bonds. The Bertz CT molecular complexity index is 921. The molecule has 1 aliphatic heterocycles. The Labute approximate surface area is 186 Å². The molecule has 1 aliphatic carbocycles. The van der Waals surface area contributed by atoms with Gasteiger partial charge < -0.3 is 19.1 Å². The normalized spacial score (nSPS) is 22.3. The molecule has 0 radical (unpaired) electrons. The summed E-state index contributed by atoms with van der Waals surface area (Å²) in [4.78, 5) is 18.0. The molecule has 0 bridgehead atoms. The van der Waals surface area contributed by atoms with Crippen molar-refractivity contribution in [2.45, 2.75) is 44.1 Å². The third-order valence-electron chi connectivity index (χ3n) is 6.05. The summed E-state index contributed by atoms with van der Waals surface area (Å²) < 4.78 is 42.2. The van der Waals surface area contributed by atoms with E-state index in [-0.39, 0.29) is 31.0 Å². The van der Waals surface area contributed by atoms with Gasteiger partial charge >= 0.3 is 5.97 Å². The van der Waals surface area contributed by atoms with Gasteiger partial charge in [0.2, 0.25) is 0 Å². The number of rotatable bonds is 9. The van der Waals surface area contributed by atoms with E-state index in [1.807, 2.05) is 37.3 Å². The van der Waals surface area contributed by atoms with Crippen molar-refractivity contribution in [1.29, 1.82) is 0 Å². The van der Waals surface area contributed by atoms with Crippen molar-refractivity contribution in [3.63, 3.8) is 0 Å². The lowest BCUT2D eigenvalue weighted by Crippen LogP contribution is -2.25. The summed E-state index contributed by atoms with van der Waals surface area (Å²) in [6.07, 6.45) is 2.75. The highest BCUT2D eigenvalue weighted by Crippen LogP contribution is 2.48. The number of esters is 1. The van der Waals surface area contributed by atoms with Crippen LogP contribution in [0.25, 0.3) is 0 Å². The Morgan fingerprint density at radius 1 is 1.22 bits per heavy atom. The fraction of sp³-hybridized carbons (Fsp3) is 0.500. The Morgan fingerprint density at radius 2 is 1.94 bits per heavy atom. The molecule has 1 saturated heterocycles. The van der Waals surface area contributed by atoms with Crippen molar-refractivity contribution in [2.75, 3.05) is 31.7 Å².